The van der Waals surface area contributed by atoms with Crippen LogP contribution in [0.4, 0.5) is 0 Å². The van der Waals surface area contributed by atoms with Crippen molar-refractivity contribution in [3.63, 3.8) is 0 Å². The molecule has 0 aromatic rings. The molecule has 0 spiro atoms. The molecule has 19 heavy (non-hydrogen) atoms. The number of rotatable bonds is 6. The van der Waals surface area contributed by atoms with Crippen LogP contribution in [0.2, 0.25) is 0 Å². The van der Waals surface area contributed by atoms with E-state index in [1.807, 2.05) is 0 Å². The number of carboxylic acids is 1. The Hall–Kier alpha value is -1.10. The van der Waals surface area contributed by atoms with E-state index >= 15 is 0 Å². The van der Waals surface area contributed by atoms with E-state index in [4.69, 9.17) is 9.84 Å². The van der Waals surface area contributed by atoms with Gasteiger partial charge >= 0.3 is 5.97 Å². The van der Waals surface area contributed by atoms with Crippen LogP contribution in [0.1, 0.15) is 44.9 Å². The molecule has 0 heterocycles. The third-order valence-electron chi connectivity index (χ3n) is 4.00. The smallest absolute Gasteiger partial charge is 0.307 e. The number of carboxylic acid groups (broad SMARTS) is 1. The molecule has 2 rings (SSSR count). The Morgan fingerprint density at radius 1 is 1.11 bits per heavy atom. The zero-order valence-electron chi connectivity index (χ0n) is 11.3. The second-order valence-electron chi connectivity index (χ2n) is 5.56. The van der Waals surface area contributed by atoms with Gasteiger partial charge < -0.3 is 15.2 Å². The molecule has 5 nitrogen and oxygen atoms in total. The Morgan fingerprint density at radius 2 is 1.79 bits per heavy atom. The lowest BCUT2D eigenvalue weighted by Crippen LogP contribution is -2.30. The first-order valence-corrected chi connectivity index (χ1v) is 7.30. The van der Waals surface area contributed by atoms with Gasteiger partial charge in [0.25, 0.3) is 0 Å². The van der Waals surface area contributed by atoms with Crippen LogP contribution < -0.4 is 5.32 Å². The van der Waals surface area contributed by atoms with E-state index in [0.717, 1.165) is 12.8 Å². The van der Waals surface area contributed by atoms with Crippen LogP contribution in [0, 0.1) is 11.8 Å². The molecule has 0 saturated heterocycles. The van der Waals surface area contributed by atoms with Crippen LogP contribution in [0.15, 0.2) is 0 Å². The highest BCUT2D eigenvalue weighted by atomic mass is 16.5. The SMILES string of the molecule is O=C(O)[C@H]1C[C@@H]1C(=O)NCCOC1CCCCCC1. The maximum Gasteiger partial charge on any atom is 0.307 e. The normalized spacial score (nSPS) is 27.6. The van der Waals surface area contributed by atoms with Gasteiger partial charge in [0.1, 0.15) is 0 Å². The lowest BCUT2D eigenvalue weighted by molar-refractivity contribution is -0.140. The Bertz CT molecular complexity index is 323. The van der Waals surface area contributed by atoms with Gasteiger partial charge in [0.2, 0.25) is 5.91 Å². The van der Waals surface area contributed by atoms with Crippen molar-refractivity contribution >= 4 is 11.9 Å². The number of nitrogens with one attached hydrogen (secondary N) is 1. The summed E-state index contributed by atoms with van der Waals surface area (Å²) < 4.78 is 5.76. The number of ether oxygens (including phenoxy) is 1. The van der Waals surface area contributed by atoms with E-state index in [0.29, 0.717) is 25.7 Å². The molecule has 0 bridgehead atoms. The topological polar surface area (TPSA) is 75.6 Å². The summed E-state index contributed by atoms with van der Waals surface area (Å²) in [5.41, 5.74) is 0. The minimum Gasteiger partial charge on any atom is -0.481 e. The van der Waals surface area contributed by atoms with Gasteiger partial charge in [-0.1, -0.05) is 25.7 Å². The van der Waals surface area contributed by atoms with Gasteiger partial charge in [0.15, 0.2) is 0 Å². The van der Waals surface area contributed by atoms with E-state index in [-0.39, 0.29) is 11.8 Å². The largest absolute Gasteiger partial charge is 0.481 e. The molecule has 2 atom stereocenters. The lowest BCUT2D eigenvalue weighted by Gasteiger charge is -2.15. The highest BCUT2D eigenvalue weighted by molar-refractivity contribution is 5.89. The third-order valence-corrected chi connectivity index (χ3v) is 4.00. The molecule has 2 aliphatic rings. The molecule has 0 aliphatic heterocycles. The molecule has 2 aliphatic carbocycles. The summed E-state index contributed by atoms with van der Waals surface area (Å²) in [5.74, 6) is -1.80. The second kappa shape index (κ2) is 6.89. The molecular weight excluding hydrogens is 246 g/mol. The summed E-state index contributed by atoms with van der Waals surface area (Å²) in [5, 5.41) is 11.5. The zero-order chi connectivity index (χ0) is 13.7. The zero-order valence-corrected chi connectivity index (χ0v) is 11.3. The number of carbonyl (C=O) groups is 2. The van der Waals surface area contributed by atoms with Gasteiger partial charge in [0.05, 0.1) is 24.5 Å². The van der Waals surface area contributed by atoms with Crippen molar-refractivity contribution in [3.05, 3.63) is 0 Å². The Kier molecular flexibility index (Phi) is 5.19. The maximum atomic E-state index is 11.6. The lowest BCUT2D eigenvalue weighted by atomic mass is 10.1. The molecular formula is C14H23NO4. The Balaban J connectivity index is 1.54. The van der Waals surface area contributed by atoms with Gasteiger partial charge in [-0.3, -0.25) is 9.59 Å². The average molecular weight is 269 g/mol. The molecule has 2 fully saturated rings. The molecule has 0 aromatic carbocycles. The molecule has 2 N–H and O–H groups in total. The number of amides is 1. The summed E-state index contributed by atoms with van der Waals surface area (Å²) in [7, 11) is 0. The van der Waals surface area contributed by atoms with Gasteiger partial charge in [0, 0.05) is 6.54 Å². The molecule has 5 heteroatoms. The van der Waals surface area contributed by atoms with Crippen LogP contribution in [0.5, 0.6) is 0 Å². The predicted octanol–water partition coefficient (Wildman–Crippen LogP) is 1.56. The summed E-state index contributed by atoms with van der Waals surface area (Å²) in [6.45, 7) is 1.01. The number of carbonyl (C=O) groups excluding carboxylic acids is 1. The minimum atomic E-state index is -0.866. The van der Waals surface area contributed by atoms with Crippen LogP contribution >= 0.6 is 0 Å². The summed E-state index contributed by atoms with van der Waals surface area (Å²) in [6, 6.07) is 0. The second-order valence-corrected chi connectivity index (χ2v) is 5.56. The number of hydrogen-bond acceptors (Lipinski definition) is 3. The van der Waals surface area contributed by atoms with Crippen molar-refractivity contribution < 1.29 is 19.4 Å². The van der Waals surface area contributed by atoms with Crippen molar-refractivity contribution in [2.24, 2.45) is 11.8 Å². The summed E-state index contributed by atoms with van der Waals surface area (Å²) >= 11 is 0. The summed E-state index contributed by atoms with van der Waals surface area (Å²) in [4.78, 5) is 22.2. The highest BCUT2D eigenvalue weighted by Gasteiger charge is 2.48. The van der Waals surface area contributed by atoms with Crippen molar-refractivity contribution in [2.75, 3.05) is 13.2 Å². The average Bonchev–Trinajstić information content (AvgIpc) is 3.18. The van der Waals surface area contributed by atoms with Gasteiger partial charge in [-0.05, 0) is 19.3 Å². The Morgan fingerprint density at radius 3 is 2.37 bits per heavy atom. The van der Waals surface area contributed by atoms with Crippen molar-refractivity contribution in [2.45, 2.75) is 51.0 Å². The first-order chi connectivity index (χ1) is 9.18. The highest BCUT2D eigenvalue weighted by Crippen LogP contribution is 2.38. The monoisotopic (exact) mass is 269 g/mol. The molecule has 0 unspecified atom stereocenters. The third kappa shape index (κ3) is 4.49. The molecule has 1 amide bonds. The fraction of sp³-hybridized carbons (Fsp3) is 0.857. The van der Waals surface area contributed by atoms with E-state index in [9.17, 15) is 9.59 Å². The van der Waals surface area contributed by atoms with E-state index in [1.54, 1.807) is 0 Å². The van der Waals surface area contributed by atoms with Crippen molar-refractivity contribution in [1.29, 1.82) is 0 Å². The fourth-order valence-corrected chi connectivity index (χ4v) is 2.70. The standard InChI is InChI=1S/C14H23NO4/c16-13(11-9-12(11)14(17)18)15-7-8-19-10-5-3-1-2-4-6-10/h10-12H,1-9H2,(H,15,16)(H,17,18)/t11-,12-/m0/s1. The molecule has 0 radical (unpaired) electrons. The minimum absolute atomic E-state index is 0.142. The van der Waals surface area contributed by atoms with Crippen LogP contribution in [0.25, 0.3) is 0 Å². The van der Waals surface area contributed by atoms with Crippen LogP contribution in [-0.4, -0.2) is 36.2 Å². The van der Waals surface area contributed by atoms with Crippen molar-refractivity contribution in [3.8, 4) is 0 Å². The quantitative estimate of drug-likeness (QED) is 0.567. The Labute approximate surface area is 113 Å². The first kappa shape index (κ1) is 14.3. The van der Waals surface area contributed by atoms with Crippen LogP contribution in [-0.2, 0) is 14.3 Å². The molecule has 0 aromatic heterocycles. The van der Waals surface area contributed by atoms with E-state index < -0.39 is 11.9 Å². The maximum absolute atomic E-state index is 11.6. The number of hydrogen-bond donors (Lipinski definition) is 2. The van der Waals surface area contributed by atoms with Gasteiger partial charge in [-0.2, -0.15) is 0 Å². The fourth-order valence-electron chi connectivity index (χ4n) is 2.70. The summed E-state index contributed by atoms with van der Waals surface area (Å²) in [6.07, 6.45) is 8.13. The predicted molar refractivity (Wildman–Crippen MR) is 69.7 cm³/mol. The van der Waals surface area contributed by atoms with E-state index in [1.165, 1.54) is 25.7 Å². The molecule has 108 valence electrons. The van der Waals surface area contributed by atoms with E-state index in [2.05, 4.69) is 5.32 Å². The van der Waals surface area contributed by atoms with Gasteiger partial charge in [-0.25, -0.2) is 0 Å². The van der Waals surface area contributed by atoms with Crippen molar-refractivity contribution in [1.82, 2.24) is 5.32 Å². The number of aliphatic carboxylic acids is 1. The molecule has 2 saturated carbocycles. The van der Waals surface area contributed by atoms with Crippen LogP contribution in [0.3, 0.4) is 0 Å². The first-order valence-electron chi connectivity index (χ1n) is 7.30. The van der Waals surface area contributed by atoms with Gasteiger partial charge in [-0.15, -0.1) is 0 Å².